The molecule has 0 aliphatic rings. The second kappa shape index (κ2) is 12.8. The fraction of sp³-hybridized carbons (Fsp3) is 0.214. The molecule has 4 rings (SSSR count). The lowest BCUT2D eigenvalue weighted by atomic mass is 10.2. The summed E-state index contributed by atoms with van der Waals surface area (Å²) in [5.74, 6) is 1.64. The molecule has 0 aliphatic carbocycles. The zero-order valence-corrected chi connectivity index (χ0v) is 22.9. The van der Waals surface area contributed by atoms with Gasteiger partial charge in [0.25, 0.3) is 5.91 Å². The number of para-hydroxylation sites is 2. The first-order valence-electron chi connectivity index (χ1n) is 12.0. The third kappa shape index (κ3) is 6.88. The van der Waals surface area contributed by atoms with Crippen LogP contribution < -0.4 is 24.8 Å². The zero-order valence-electron chi connectivity index (χ0n) is 22.1. The molecule has 3 aromatic carbocycles. The molecule has 0 aliphatic heterocycles. The number of anilines is 1. The van der Waals surface area contributed by atoms with Gasteiger partial charge < -0.3 is 24.8 Å². The summed E-state index contributed by atoms with van der Waals surface area (Å²) in [6.07, 6.45) is 0. The molecule has 0 spiro atoms. The number of carbonyl (C=O) groups is 2. The Morgan fingerprint density at radius 2 is 1.64 bits per heavy atom. The number of aromatic nitrogens is 3. The standard InChI is InChI=1S/C28H29N5O5S/c1-18-8-7-9-20(12-18)30-26(34)17-39-28-32-31-25(33(28)23-10-5-6-11-24(23)38-4)16-29-27(35)19-13-21(36-2)15-22(14-19)37-3/h5-15H,16-17H2,1-4H3,(H,29,35)(H,30,34). The second-order valence-corrected chi connectivity index (χ2v) is 9.34. The van der Waals surface area contributed by atoms with Crippen LogP contribution in [0, 0.1) is 6.92 Å². The summed E-state index contributed by atoms with van der Waals surface area (Å²) in [5, 5.41) is 14.9. The SMILES string of the molecule is COc1cc(OC)cc(C(=O)NCc2nnc(SCC(=O)Nc3cccc(C)c3)n2-c2ccccc2OC)c1. The predicted octanol–water partition coefficient (Wildman–Crippen LogP) is 4.26. The van der Waals surface area contributed by atoms with E-state index in [1.54, 1.807) is 29.9 Å². The number of ether oxygens (including phenoxy) is 3. The van der Waals surface area contributed by atoms with Crippen LogP contribution in [0.25, 0.3) is 5.69 Å². The van der Waals surface area contributed by atoms with Crippen LogP contribution in [-0.4, -0.2) is 53.7 Å². The number of benzene rings is 3. The number of thioether (sulfide) groups is 1. The van der Waals surface area contributed by atoms with Gasteiger partial charge in [-0.25, -0.2) is 0 Å². The lowest BCUT2D eigenvalue weighted by molar-refractivity contribution is -0.113. The maximum atomic E-state index is 13.0. The highest BCUT2D eigenvalue weighted by atomic mass is 32.2. The lowest BCUT2D eigenvalue weighted by Gasteiger charge is -2.14. The van der Waals surface area contributed by atoms with Crippen molar-refractivity contribution in [2.45, 2.75) is 18.6 Å². The van der Waals surface area contributed by atoms with E-state index in [9.17, 15) is 9.59 Å². The molecule has 0 unspecified atom stereocenters. The second-order valence-electron chi connectivity index (χ2n) is 8.40. The molecule has 11 heteroatoms. The number of nitrogens with zero attached hydrogens (tertiary/aromatic N) is 3. The van der Waals surface area contributed by atoms with Crippen LogP contribution in [0.2, 0.25) is 0 Å². The molecule has 0 fully saturated rings. The molecule has 2 N–H and O–H groups in total. The maximum Gasteiger partial charge on any atom is 0.251 e. The quantitative estimate of drug-likeness (QED) is 0.268. The number of carbonyl (C=O) groups excluding carboxylic acids is 2. The molecule has 0 saturated heterocycles. The first-order valence-corrected chi connectivity index (χ1v) is 13.0. The van der Waals surface area contributed by atoms with Gasteiger partial charge in [0.2, 0.25) is 5.91 Å². The summed E-state index contributed by atoms with van der Waals surface area (Å²) in [6.45, 7) is 2.03. The van der Waals surface area contributed by atoms with Crippen LogP contribution in [0.15, 0.2) is 71.9 Å². The van der Waals surface area contributed by atoms with Crippen molar-refractivity contribution in [2.75, 3.05) is 32.4 Å². The van der Waals surface area contributed by atoms with Gasteiger partial charge in [-0.15, -0.1) is 10.2 Å². The number of methoxy groups -OCH3 is 3. The zero-order chi connectivity index (χ0) is 27.8. The number of hydrogen-bond acceptors (Lipinski definition) is 8. The fourth-order valence-electron chi connectivity index (χ4n) is 3.81. The Balaban J connectivity index is 1.55. The Bertz CT molecular complexity index is 1450. The maximum absolute atomic E-state index is 13.0. The summed E-state index contributed by atoms with van der Waals surface area (Å²) in [5.41, 5.74) is 2.83. The van der Waals surface area contributed by atoms with Gasteiger partial charge in [-0.2, -0.15) is 0 Å². The molecule has 0 saturated carbocycles. The highest BCUT2D eigenvalue weighted by Gasteiger charge is 2.20. The van der Waals surface area contributed by atoms with Crippen LogP contribution in [0.5, 0.6) is 17.2 Å². The Hall–Kier alpha value is -4.51. The normalized spacial score (nSPS) is 10.6. The van der Waals surface area contributed by atoms with Gasteiger partial charge in [0, 0.05) is 17.3 Å². The molecule has 1 heterocycles. The lowest BCUT2D eigenvalue weighted by Crippen LogP contribution is -2.25. The van der Waals surface area contributed by atoms with E-state index in [1.165, 1.54) is 26.0 Å². The topological polar surface area (TPSA) is 117 Å². The monoisotopic (exact) mass is 547 g/mol. The van der Waals surface area contributed by atoms with Gasteiger partial charge in [-0.3, -0.25) is 14.2 Å². The third-order valence-electron chi connectivity index (χ3n) is 5.68. The van der Waals surface area contributed by atoms with Crippen molar-refractivity contribution in [3.63, 3.8) is 0 Å². The Morgan fingerprint density at radius 1 is 0.897 bits per heavy atom. The first kappa shape index (κ1) is 27.5. The molecular weight excluding hydrogens is 518 g/mol. The third-order valence-corrected chi connectivity index (χ3v) is 6.61. The molecule has 4 aromatic rings. The number of aryl methyl sites for hydroxylation is 1. The summed E-state index contributed by atoms with van der Waals surface area (Å²) in [4.78, 5) is 25.6. The summed E-state index contributed by atoms with van der Waals surface area (Å²) in [6, 6.07) is 19.9. The van der Waals surface area contributed by atoms with Crippen LogP contribution in [0.3, 0.4) is 0 Å². The van der Waals surface area contributed by atoms with E-state index in [0.717, 1.165) is 11.3 Å². The molecule has 0 radical (unpaired) electrons. The van der Waals surface area contributed by atoms with Crippen molar-refractivity contribution in [2.24, 2.45) is 0 Å². The van der Waals surface area contributed by atoms with Crippen LogP contribution in [-0.2, 0) is 11.3 Å². The molecule has 39 heavy (non-hydrogen) atoms. The van der Waals surface area contributed by atoms with Crippen LogP contribution in [0.4, 0.5) is 5.69 Å². The predicted molar refractivity (Wildman–Crippen MR) is 149 cm³/mol. The van der Waals surface area contributed by atoms with Crippen molar-refractivity contribution >= 4 is 29.3 Å². The fourth-order valence-corrected chi connectivity index (χ4v) is 4.58. The van der Waals surface area contributed by atoms with Gasteiger partial charge >= 0.3 is 0 Å². The van der Waals surface area contributed by atoms with Gasteiger partial charge in [0.1, 0.15) is 17.2 Å². The molecule has 1 aromatic heterocycles. The number of nitrogens with one attached hydrogen (secondary N) is 2. The van der Waals surface area contributed by atoms with Gasteiger partial charge in [-0.1, -0.05) is 36.0 Å². The van der Waals surface area contributed by atoms with Crippen molar-refractivity contribution in [1.29, 1.82) is 0 Å². The number of hydrogen-bond donors (Lipinski definition) is 2. The summed E-state index contributed by atoms with van der Waals surface area (Å²) < 4.78 is 17.9. The highest BCUT2D eigenvalue weighted by Crippen LogP contribution is 2.29. The van der Waals surface area contributed by atoms with E-state index in [0.29, 0.717) is 39.5 Å². The molecule has 202 valence electrons. The first-order chi connectivity index (χ1) is 18.9. The molecule has 0 atom stereocenters. The van der Waals surface area contributed by atoms with E-state index in [1.807, 2.05) is 55.5 Å². The van der Waals surface area contributed by atoms with E-state index in [4.69, 9.17) is 14.2 Å². The van der Waals surface area contributed by atoms with Gasteiger partial charge in [0.05, 0.1) is 39.3 Å². The van der Waals surface area contributed by atoms with Crippen molar-refractivity contribution in [3.05, 3.63) is 83.7 Å². The minimum atomic E-state index is -0.339. The largest absolute Gasteiger partial charge is 0.497 e. The van der Waals surface area contributed by atoms with E-state index >= 15 is 0 Å². The van der Waals surface area contributed by atoms with E-state index < -0.39 is 0 Å². The van der Waals surface area contributed by atoms with Gasteiger partial charge in [-0.05, 0) is 48.9 Å². The average Bonchev–Trinajstić information content (AvgIpc) is 3.36. The van der Waals surface area contributed by atoms with Gasteiger partial charge in [0.15, 0.2) is 11.0 Å². The van der Waals surface area contributed by atoms with E-state index in [-0.39, 0.29) is 24.1 Å². The number of amides is 2. The molecule has 2 amide bonds. The molecule has 0 bridgehead atoms. The summed E-state index contributed by atoms with van der Waals surface area (Å²) >= 11 is 1.23. The minimum Gasteiger partial charge on any atom is -0.497 e. The average molecular weight is 548 g/mol. The van der Waals surface area contributed by atoms with Crippen LogP contribution in [0.1, 0.15) is 21.7 Å². The van der Waals surface area contributed by atoms with Crippen molar-refractivity contribution in [3.8, 4) is 22.9 Å². The molecule has 10 nitrogen and oxygen atoms in total. The number of rotatable bonds is 11. The van der Waals surface area contributed by atoms with Crippen molar-refractivity contribution < 1.29 is 23.8 Å². The Labute approximate surface area is 230 Å². The summed E-state index contributed by atoms with van der Waals surface area (Å²) in [7, 11) is 4.61. The Kier molecular flexibility index (Phi) is 9.06. The van der Waals surface area contributed by atoms with Crippen molar-refractivity contribution in [1.82, 2.24) is 20.1 Å². The van der Waals surface area contributed by atoms with Crippen LogP contribution >= 0.6 is 11.8 Å². The molecular formula is C28H29N5O5S. The van der Waals surface area contributed by atoms with E-state index in [2.05, 4.69) is 20.8 Å². The highest BCUT2D eigenvalue weighted by molar-refractivity contribution is 7.99. The minimum absolute atomic E-state index is 0.0689. The Morgan fingerprint density at radius 3 is 2.33 bits per heavy atom. The smallest absolute Gasteiger partial charge is 0.251 e.